The van der Waals surface area contributed by atoms with E-state index in [4.69, 9.17) is 5.11 Å². The molecule has 1 aliphatic heterocycles. The predicted octanol–water partition coefficient (Wildman–Crippen LogP) is 3.50. The van der Waals surface area contributed by atoms with E-state index in [1.165, 1.54) is 16.9 Å². The Morgan fingerprint density at radius 3 is 3.04 bits per heavy atom. The van der Waals surface area contributed by atoms with E-state index in [0.717, 1.165) is 42.8 Å². The minimum Gasteiger partial charge on any atom is -0.396 e. The Labute approximate surface area is 140 Å². The molecular formula is C18H22N2O2S. The van der Waals surface area contributed by atoms with Gasteiger partial charge in [0.05, 0.1) is 0 Å². The minimum absolute atomic E-state index is 0.0292. The quantitative estimate of drug-likeness (QED) is 0.913. The van der Waals surface area contributed by atoms with Crippen molar-refractivity contribution in [1.29, 1.82) is 0 Å². The van der Waals surface area contributed by atoms with Gasteiger partial charge in [0.25, 0.3) is 5.91 Å². The minimum atomic E-state index is 0.0292. The maximum absolute atomic E-state index is 12.8. The standard InChI is InChI=1S/C18H22N2O2S/c1-13-6-2-3-9-15(13)17-19-16(12-23-17)18(22)20-10-4-7-14(20)8-5-11-21/h2-3,6,9,12,14,21H,4-5,7-8,10-11H2,1H3. The molecule has 122 valence electrons. The molecule has 5 heteroatoms. The van der Waals surface area contributed by atoms with Crippen LogP contribution >= 0.6 is 11.3 Å². The number of thiazole rings is 1. The van der Waals surface area contributed by atoms with Gasteiger partial charge in [-0.15, -0.1) is 11.3 Å². The molecule has 2 heterocycles. The molecular weight excluding hydrogens is 308 g/mol. The van der Waals surface area contributed by atoms with Gasteiger partial charge in [-0.25, -0.2) is 4.98 Å². The summed E-state index contributed by atoms with van der Waals surface area (Å²) in [6.07, 6.45) is 3.69. The van der Waals surface area contributed by atoms with E-state index in [9.17, 15) is 4.79 Å². The number of amides is 1. The second kappa shape index (κ2) is 7.23. The largest absolute Gasteiger partial charge is 0.396 e. The molecule has 1 aromatic carbocycles. The number of aliphatic hydroxyl groups excluding tert-OH is 1. The summed E-state index contributed by atoms with van der Waals surface area (Å²) >= 11 is 1.52. The lowest BCUT2D eigenvalue weighted by atomic mass is 10.1. The summed E-state index contributed by atoms with van der Waals surface area (Å²) in [5.41, 5.74) is 2.81. The van der Waals surface area contributed by atoms with Crippen molar-refractivity contribution in [2.45, 2.75) is 38.6 Å². The van der Waals surface area contributed by atoms with Gasteiger partial charge in [0.15, 0.2) is 0 Å². The Morgan fingerprint density at radius 1 is 1.43 bits per heavy atom. The van der Waals surface area contributed by atoms with Gasteiger partial charge in [0.1, 0.15) is 10.7 Å². The van der Waals surface area contributed by atoms with Crippen molar-refractivity contribution in [1.82, 2.24) is 9.88 Å². The van der Waals surface area contributed by atoms with E-state index in [-0.39, 0.29) is 18.6 Å². The molecule has 1 atom stereocenters. The fraction of sp³-hybridized carbons (Fsp3) is 0.444. The number of hydrogen-bond acceptors (Lipinski definition) is 4. The highest BCUT2D eigenvalue weighted by molar-refractivity contribution is 7.13. The molecule has 23 heavy (non-hydrogen) atoms. The van der Waals surface area contributed by atoms with E-state index in [0.29, 0.717) is 5.69 Å². The summed E-state index contributed by atoms with van der Waals surface area (Å²) in [6, 6.07) is 8.36. The van der Waals surface area contributed by atoms with Crippen molar-refractivity contribution in [2.75, 3.05) is 13.2 Å². The first-order valence-electron chi connectivity index (χ1n) is 8.14. The van der Waals surface area contributed by atoms with Gasteiger partial charge in [-0.2, -0.15) is 0 Å². The van der Waals surface area contributed by atoms with Crippen LogP contribution in [0.25, 0.3) is 10.6 Å². The second-order valence-corrected chi connectivity index (χ2v) is 6.87. The summed E-state index contributed by atoms with van der Waals surface area (Å²) in [7, 11) is 0. The van der Waals surface area contributed by atoms with E-state index in [1.54, 1.807) is 0 Å². The van der Waals surface area contributed by atoms with Gasteiger partial charge in [-0.3, -0.25) is 4.79 Å². The number of carbonyl (C=O) groups is 1. The van der Waals surface area contributed by atoms with E-state index >= 15 is 0 Å². The number of carbonyl (C=O) groups excluding carboxylic acids is 1. The van der Waals surface area contributed by atoms with Crippen molar-refractivity contribution in [3.8, 4) is 10.6 Å². The predicted molar refractivity (Wildman–Crippen MR) is 92.7 cm³/mol. The van der Waals surface area contributed by atoms with Crippen LogP contribution in [-0.2, 0) is 0 Å². The van der Waals surface area contributed by atoms with Gasteiger partial charge >= 0.3 is 0 Å². The first-order chi connectivity index (χ1) is 11.2. The lowest BCUT2D eigenvalue weighted by molar-refractivity contribution is 0.0719. The Hall–Kier alpha value is -1.72. The first kappa shape index (κ1) is 16.1. The SMILES string of the molecule is Cc1ccccc1-c1nc(C(=O)N2CCCC2CCCO)cs1. The molecule has 3 rings (SSSR count). The van der Waals surface area contributed by atoms with Crippen LogP contribution < -0.4 is 0 Å². The van der Waals surface area contributed by atoms with Gasteiger partial charge in [0.2, 0.25) is 0 Å². The highest BCUT2D eigenvalue weighted by Crippen LogP contribution is 2.29. The number of aliphatic hydroxyl groups is 1. The van der Waals surface area contributed by atoms with Crippen LogP contribution in [0.15, 0.2) is 29.6 Å². The zero-order valence-corrected chi connectivity index (χ0v) is 14.2. The number of likely N-dealkylation sites (tertiary alicyclic amines) is 1. The normalized spacial score (nSPS) is 17.7. The number of aryl methyl sites for hydroxylation is 1. The molecule has 1 amide bonds. The Balaban J connectivity index is 1.77. The zero-order valence-electron chi connectivity index (χ0n) is 13.4. The summed E-state index contributed by atoms with van der Waals surface area (Å²) < 4.78 is 0. The highest BCUT2D eigenvalue weighted by atomic mass is 32.1. The van der Waals surface area contributed by atoms with Crippen LogP contribution in [0.2, 0.25) is 0 Å². The summed E-state index contributed by atoms with van der Waals surface area (Å²) in [4.78, 5) is 19.3. The van der Waals surface area contributed by atoms with Crippen LogP contribution in [0.5, 0.6) is 0 Å². The molecule has 0 radical (unpaired) electrons. The molecule has 1 N–H and O–H groups in total. The molecule has 0 bridgehead atoms. The molecule has 1 aromatic heterocycles. The topological polar surface area (TPSA) is 53.4 Å². The molecule has 4 nitrogen and oxygen atoms in total. The van der Waals surface area contributed by atoms with Gasteiger partial charge in [0, 0.05) is 30.1 Å². The van der Waals surface area contributed by atoms with Crippen LogP contribution in [0.3, 0.4) is 0 Å². The van der Waals surface area contributed by atoms with E-state index < -0.39 is 0 Å². The van der Waals surface area contributed by atoms with Crippen LogP contribution in [0.4, 0.5) is 0 Å². The third-order valence-electron chi connectivity index (χ3n) is 4.43. The van der Waals surface area contributed by atoms with Crippen molar-refractivity contribution in [3.63, 3.8) is 0 Å². The van der Waals surface area contributed by atoms with Gasteiger partial charge < -0.3 is 10.0 Å². The Bertz CT molecular complexity index is 683. The van der Waals surface area contributed by atoms with E-state index in [1.807, 2.05) is 28.5 Å². The first-order valence-corrected chi connectivity index (χ1v) is 9.02. The fourth-order valence-electron chi connectivity index (χ4n) is 3.19. The molecule has 1 fully saturated rings. The highest BCUT2D eigenvalue weighted by Gasteiger charge is 2.30. The fourth-order valence-corrected chi connectivity index (χ4v) is 4.07. The maximum Gasteiger partial charge on any atom is 0.273 e. The van der Waals surface area contributed by atoms with Crippen molar-refractivity contribution in [3.05, 3.63) is 40.9 Å². The zero-order chi connectivity index (χ0) is 16.2. The monoisotopic (exact) mass is 330 g/mol. The molecule has 1 saturated heterocycles. The smallest absolute Gasteiger partial charge is 0.273 e. The molecule has 0 saturated carbocycles. The third-order valence-corrected chi connectivity index (χ3v) is 5.31. The number of benzene rings is 1. The second-order valence-electron chi connectivity index (χ2n) is 6.01. The summed E-state index contributed by atoms with van der Waals surface area (Å²) in [6.45, 7) is 3.04. The van der Waals surface area contributed by atoms with Gasteiger partial charge in [-0.1, -0.05) is 24.3 Å². The average molecular weight is 330 g/mol. The summed E-state index contributed by atoms with van der Waals surface area (Å²) in [5.74, 6) is 0.0292. The molecule has 1 unspecified atom stereocenters. The average Bonchev–Trinajstić information content (AvgIpc) is 3.22. The Kier molecular flexibility index (Phi) is 5.08. The molecule has 0 aliphatic carbocycles. The third kappa shape index (κ3) is 3.46. The summed E-state index contributed by atoms with van der Waals surface area (Å²) in [5, 5.41) is 11.8. The number of rotatable bonds is 5. The molecule has 2 aromatic rings. The maximum atomic E-state index is 12.8. The lowest BCUT2D eigenvalue weighted by Crippen LogP contribution is -2.35. The molecule has 0 spiro atoms. The van der Waals surface area contributed by atoms with Gasteiger partial charge in [-0.05, 0) is 38.2 Å². The van der Waals surface area contributed by atoms with Crippen molar-refractivity contribution < 1.29 is 9.90 Å². The van der Waals surface area contributed by atoms with Crippen molar-refractivity contribution in [2.24, 2.45) is 0 Å². The van der Waals surface area contributed by atoms with Crippen LogP contribution in [0.1, 0.15) is 41.7 Å². The number of aromatic nitrogens is 1. The Morgan fingerprint density at radius 2 is 2.26 bits per heavy atom. The number of hydrogen-bond donors (Lipinski definition) is 1. The van der Waals surface area contributed by atoms with Crippen molar-refractivity contribution >= 4 is 17.2 Å². The molecule has 1 aliphatic rings. The van der Waals surface area contributed by atoms with E-state index in [2.05, 4.69) is 18.0 Å². The van der Waals surface area contributed by atoms with Crippen LogP contribution in [0, 0.1) is 6.92 Å². The lowest BCUT2D eigenvalue weighted by Gasteiger charge is -2.23. The number of nitrogens with zero attached hydrogens (tertiary/aromatic N) is 2. The van der Waals surface area contributed by atoms with Crippen LogP contribution in [-0.4, -0.2) is 40.1 Å².